The molecule has 2 atom stereocenters. The highest BCUT2D eigenvalue weighted by atomic mass is 35.5. The fourth-order valence-corrected chi connectivity index (χ4v) is 3.61. The molecule has 1 aliphatic rings. The highest BCUT2D eigenvalue weighted by molar-refractivity contribution is 6.31. The Morgan fingerprint density at radius 3 is 2.80 bits per heavy atom. The summed E-state index contributed by atoms with van der Waals surface area (Å²) < 4.78 is 0. The molecule has 25 heavy (non-hydrogen) atoms. The number of nitrogens with one attached hydrogen (secondary N) is 1. The van der Waals surface area contributed by atoms with Crippen molar-refractivity contribution in [3.05, 3.63) is 70.2 Å². The molecule has 0 bridgehead atoms. The van der Waals surface area contributed by atoms with Gasteiger partial charge >= 0.3 is 0 Å². The molecule has 0 saturated heterocycles. The maximum atomic E-state index is 12.5. The molecular weight excluding hydrogens is 336 g/mol. The van der Waals surface area contributed by atoms with Gasteiger partial charge in [0.1, 0.15) is 0 Å². The van der Waals surface area contributed by atoms with E-state index in [-0.39, 0.29) is 11.9 Å². The van der Waals surface area contributed by atoms with E-state index in [1.54, 1.807) is 0 Å². The lowest BCUT2D eigenvalue weighted by Crippen LogP contribution is -2.38. The Morgan fingerprint density at radius 1 is 1.28 bits per heavy atom. The van der Waals surface area contributed by atoms with Gasteiger partial charge in [-0.2, -0.15) is 0 Å². The molecule has 3 rings (SSSR count). The maximum Gasteiger partial charge on any atom is 0.234 e. The average Bonchev–Trinajstić information content (AvgIpc) is 2.74. The third-order valence-electron chi connectivity index (χ3n) is 4.64. The fourth-order valence-electron chi connectivity index (χ4n) is 3.31. The van der Waals surface area contributed by atoms with E-state index in [0.29, 0.717) is 31.1 Å². The van der Waals surface area contributed by atoms with Gasteiger partial charge in [-0.3, -0.25) is 9.69 Å². The monoisotopic (exact) mass is 358 g/mol. The highest BCUT2D eigenvalue weighted by Crippen LogP contribution is 2.26. The van der Waals surface area contributed by atoms with Crippen LogP contribution in [0.1, 0.15) is 42.2 Å². The first kappa shape index (κ1) is 17.9. The number of rotatable bonds is 4. The van der Waals surface area contributed by atoms with Gasteiger partial charge in [-0.15, -0.1) is 0 Å². The van der Waals surface area contributed by atoms with Gasteiger partial charge in [0.25, 0.3) is 0 Å². The summed E-state index contributed by atoms with van der Waals surface area (Å²) in [4.78, 5) is 14.5. The predicted molar refractivity (Wildman–Crippen MR) is 99.3 cm³/mol. The Hall–Kier alpha value is -1.88. The van der Waals surface area contributed by atoms with Gasteiger partial charge in [0.15, 0.2) is 0 Å². The van der Waals surface area contributed by atoms with Gasteiger partial charge in [0.05, 0.1) is 18.7 Å². The predicted octanol–water partition coefficient (Wildman–Crippen LogP) is 3.46. The Labute approximate surface area is 153 Å². The number of nitrogens with zero attached hydrogens (tertiary/aromatic N) is 1. The van der Waals surface area contributed by atoms with Crippen LogP contribution in [0.25, 0.3) is 0 Å². The number of hydrogen-bond donors (Lipinski definition) is 2. The van der Waals surface area contributed by atoms with Crippen molar-refractivity contribution in [3.63, 3.8) is 0 Å². The molecule has 0 aliphatic carbocycles. The van der Waals surface area contributed by atoms with Gasteiger partial charge in [0.2, 0.25) is 5.91 Å². The van der Waals surface area contributed by atoms with Crippen LogP contribution < -0.4 is 5.32 Å². The summed E-state index contributed by atoms with van der Waals surface area (Å²) in [6, 6.07) is 15.3. The first-order valence-corrected chi connectivity index (χ1v) is 8.94. The van der Waals surface area contributed by atoms with Crippen LogP contribution in [-0.4, -0.2) is 29.0 Å². The molecule has 2 N–H and O–H groups in total. The van der Waals surface area contributed by atoms with Crippen molar-refractivity contribution in [1.29, 1.82) is 0 Å². The number of amides is 1. The van der Waals surface area contributed by atoms with Crippen LogP contribution in [0.2, 0.25) is 5.02 Å². The van der Waals surface area contributed by atoms with Gasteiger partial charge in [-0.1, -0.05) is 54.1 Å². The van der Waals surface area contributed by atoms with Crippen LogP contribution in [-0.2, 0) is 11.3 Å². The van der Waals surface area contributed by atoms with E-state index < -0.39 is 6.10 Å². The van der Waals surface area contributed by atoms with Gasteiger partial charge in [-0.05, 0) is 36.1 Å². The van der Waals surface area contributed by atoms with E-state index in [2.05, 4.69) is 10.2 Å². The molecule has 1 aliphatic heterocycles. The molecule has 1 amide bonds. The van der Waals surface area contributed by atoms with Crippen molar-refractivity contribution < 1.29 is 9.90 Å². The summed E-state index contributed by atoms with van der Waals surface area (Å²) in [6.45, 7) is 3.58. The zero-order chi connectivity index (χ0) is 17.8. The topological polar surface area (TPSA) is 52.6 Å². The third kappa shape index (κ3) is 4.40. The zero-order valence-corrected chi connectivity index (χ0v) is 15.0. The molecule has 0 fully saturated rings. The molecule has 4 nitrogen and oxygen atoms in total. The highest BCUT2D eigenvalue weighted by Gasteiger charge is 2.22. The lowest BCUT2D eigenvalue weighted by Gasteiger charge is -2.22. The minimum atomic E-state index is -0.466. The number of carbonyl (C=O) groups excluding carboxylic acids is 1. The van der Waals surface area contributed by atoms with Crippen LogP contribution in [0, 0.1) is 0 Å². The molecule has 0 unspecified atom stereocenters. The third-order valence-corrected chi connectivity index (χ3v) is 4.99. The number of aliphatic hydroxyl groups is 1. The lowest BCUT2D eigenvalue weighted by molar-refractivity contribution is -0.123. The van der Waals surface area contributed by atoms with Crippen molar-refractivity contribution in [1.82, 2.24) is 10.2 Å². The fraction of sp³-hybridized carbons (Fsp3) is 0.350. The number of benzene rings is 2. The first-order valence-electron chi connectivity index (χ1n) is 8.56. The summed E-state index contributed by atoms with van der Waals surface area (Å²) in [7, 11) is 0. The Bertz CT molecular complexity index is 750. The molecule has 2 aromatic carbocycles. The number of carbonyl (C=O) groups is 1. The number of halogens is 1. The summed E-state index contributed by atoms with van der Waals surface area (Å²) in [5, 5.41) is 13.9. The quantitative estimate of drug-likeness (QED) is 0.880. The van der Waals surface area contributed by atoms with Crippen LogP contribution in [0.5, 0.6) is 0 Å². The largest absolute Gasteiger partial charge is 0.388 e. The van der Waals surface area contributed by atoms with Crippen molar-refractivity contribution in [2.45, 2.75) is 32.0 Å². The molecule has 5 heteroatoms. The number of aliphatic hydroxyl groups excluding tert-OH is 1. The normalized spacial score (nSPS) is 18.9. The van der Waals surface area contributed by atoms with E-state index in [0.717, 1.165) is 16.7 Å². The summed E-state index contributed by atoms with van der Waals surface area (Å²) in [5.41, 5.74) is 2.96. The van der Waals surface area contributed by atoms with Crippen molar-refractivity contribution in [2.75, 3.05) is 13.1 Å². The zero-order valence-electron chi connectivity index (χ0n) is 14.3. The van der Waals surface area contributed by atoms with Gasteiger partial charge < -0.3 is 10.4 Å². The van der Waals surface area contributed by atoms with E-state index in [1.807, 2.05) is 55.5 Å². The minimum absolute atomic E-state index is 0.0405. The second-order valence-electron chi connectivity index (χ2n) is 6.52. The van der Waals surface area contributed by atoms with Crippen molar-refractivity contribution in [3.8, 4) is 0 Å². The molecule has 0 aromatic heterocycles. The summed E-state index contributed by atoms with van der Waals surface area (Å²) in [5.74, 6) is -0.0405. The number of hydrogen-bond acceptors (Lipinski definition) is 3. The second kappa shape index (κ2) is 8.00. The SMILES string of the molecule is C[C@@H](NC(=O)CN1CC[C@@H](O)c2ccccc2C1)c1ccccc1Cl. The molecule has 0 saturated carbocycles. The molecule has 0 radical (unpaired) electrons. The lowest BCUT2D eigenvalue weighted by atomic mass is 10.0. The van der Waals surface area contributed by atoms with E-state index in [9.17, 15) is 9.90 Å². The van der Waals surface area contributed by atoms with Crippen LogP contribution in [0.3, 0.4) is 0 Å². The smallest absolute Gasteiger partial charge is 0.234 e. The summed E-state index contributed by atoms with van der Waals surface area (Å²) in [6.07, 6.45) is 0.163. The Balaban J connectivity index is 1.63. The standard InChI is InChI=1S/C20H23ClN2O2/c1-14(16-7-4-5-9-18(16)21)22-20(25)13-23-11-10-19(24)17-8-3-2-6-15(17)12-23/h2-9,14,19,24H,10-13H2,1H3,(H,22,25)/t14-,19-/m1/s1. The number of fused-ring (bicyclic) bond motifs is 1. The van der Waals surface area contributed by atoms with Crippen molar-refractivity contribution in [2.24, 2.45) is 0 Å². The van der Waals surface area contributed by atoms with Crippen molar-refractivity contribution >= 4 is 17.5 Å². The molecule has 132 valence electrons. The average molecular weight is 359 g/mol. The molecule has 2 aromatic rings. The molecule has 1 heterocycles. The maximum absolute atomic E-state index is 12.5. The Kier molecular flexibility index (Phi) is 5.74. The van der Waals surface area contributed by atoms with E-state index in [1.165, 1.54) is 0 Å². The van der Waals surface area contributed by atoms with Gasteiger partial charge in [0, 0.05) is 18.1 Å². The second-order valence-corrected chi connectivity index (χ2v) is 6.93. The van der Waals surface area contributed by atoms with E-state index in [4.69, 9.17) is 11.6 Å². The first-order chi connectivity index (χ1) is 12.0. The molecular formula is C20H23ClN2O2. The molecule has 0 spiro atoms. The van der Waals surface area contributed by atoms with E-state index >= 15 is 0 Å². The van der Waals surface area contributed by atoms with Crippen LogP contribution >= 0.6 is 11.6 Å². The summed E-state index contributed by atoms with van der Waals surface area (Å²) >= 11 is 6.20. The van der Waals surface area contributed by atoms with Gasteiger partial charge in [-0.25, -0.2) is 0 Å². The Morgan fingerprint density at radius 2 is 2.00 bits per heavy atom. The van der Waals surface area contributed by atoms with Crippen LogP contribution in [0.15, 0.2) is 48.5 Å². The van der Waals surface area contributed by atoms with Crippen LogP contribution in [0.4, 0.5) is 0 Å². The minimum Gasteiger partial charge on any atom is -0.388 e.